The van der Waals surface area contributed by atoms with Gasteiger partial charge in [0.15, 0.2) is 0 Å². The maximum atomic E-state index is 13.6. The van der Waals surface area contributed by atoms with E-state index in [-0.39, 0.29) is 11.9 Å². The van der Waals surface area contributed by atoms with Crippen molar-refractivity contribution in [3.8, 4) is 0 Å². The molecule has 0 fully saturated rings. The summed E-state index contributed by atoms with van der Waals surface area (Å²) in [6.45, 7) is 5.55. The predicted octanol–water partition coefficient (Wildman–Crippen LogP) is 2.67. The monoisotopic (exact) mass is 258 g/mol. The molecule has 0 saturated heterocycles. The van der Waals surface area contributed by atoms with Crippen molar-refractivity contribution in [3.63, 3.8) is 0 Å². The van der Waals surface area contributed by atoms with Crippen molar-refractivity contribution in [2.24, 2.45) is 5.84 Å². The molecule has 1 aromatic carbocycles. The quantitative estimate of drug-likeness (QED) is 0.497. The van der Waals surface area contributed by atoms with Crippen LogP contribution in [0.4, 0.5) is 4.39 Å². The zero-order chi connectivity index (χ0) is 10.7. The van der Waals surface area contributed by atoms with E-state index in [2.05, 4.69) is 27.9 Å². The third-order valence-electron chi connectivity index (χ3n) is 1.95. The van der Waals surface area contributed by atoms with Gasteiger partial charge in [-0.3, -0.25) is 5.84 Å². The molecule has 0 amide bonds. The topological polar surface area (TPSA) is 38.0 Å². The Hall–Kier alpha value is -0.710. The molecule has 0 spiro atoms. The molecule has 14 heavy (non-hydrogen) atoms. The van der Waals surface area contributed by atoms with E-state index in [1.54, 1.807) is 25.1 Å². The first-order valence-corrected chi connectivity index (χ1v) is 4.92. The van der Waals surface area contributed by atoms with Crippen molar-refractivity contribution >= 4 is 15.9 Å². The van der Waals surface area contributed by atoms with Crippen LogP contribution in [0.5, 0.6) is 0 Å². The van der Waals surface area contributed by atoms with Crippen molar-refractivity contribution in [2.75, 3.05) is 0 Å². The minimum atomic E-state index is -0.354. The Kier molecular flexibility index (Phi) is 3.80. The highest BCUT2D eigenvalue weighted by molar-refractivity contribution is 9.10. The average Bonchev–Trinajstić information content (AvgIpc) is 2.13. The van der Waals surface area contributed by atoms with Crippen LogP contribution in [0.15, 0.2) is 34.8 Å². The zero-order valence-electron chi connectivity index (χ0n) is 7.85. The van der Waals surface area contributed by atoms with Crippen LogP contribution in [0, 0.1) is 5.82 Å². The number of hydrogen-bond acceptors (Lipinski definition) is 2. The van der Waals surface area contributed by atoms with Gasteiger partial charge >= 0.3 is 0 Å². The van der Waals surface area contributed by atoms with Crippen LogP contribution < -0.4 is 11.3 Å². The molecule has 0 radical (unpaired) electrons. The van der Waals surface area contributed by atoms with Gasteiger partial charge in [-0.1, -0.05) is 24.3 Å². The molecular formula is C10H12BrFN2. The van der Waals surface area contributed by atoms with Gasteiger partial charge in [-0.05, 0) is 28.9 Å². The SMILES string of the molecule is C=C(C)C(NN)c1cccc(Br)c1F. The summed E-state index contributed by atoms with van der Waals surface area (Å²) in [5.41, 5.74) is 3.79. The molecule has 76 valence electrons. The van der Waals surface area contributed by atoms with Gasteiger partial charge in [-0.2, -0.15) is 0 Å². The second kappa shape index (κ2) is 4.68. The van der Waals surface area contributed by atoms with E-state index in [1.165, 1.54) is 0 Å². The second-order valence-electron chi connectivity index (χ2n) is 3.09. The Balaban J connectivity index is 3.16. The first-order valence-electron chi connectivity index (χ1n) is 4.13. The van der Waals surface area contributed by atoms with Crippen molar-refractivity contribution < 1.29 is 4.39 Å². The highest BCUT2D eigenvalue weighted by Crippen LogP contribution is 2.26. The Morgan fingerprint density at radius 2 is 2.29 bits per heavy atom. The fourth-order valence-corrected chi connectivity index (χ4v) is 1.62. The van der Waals surface area contributed by atoms with Crippen LogP contribution in [0.1, 0.15) is 18.5 Å². The van der Waals surface area contributed by atoms with E-state index < -0.39 is 0 Å². The number of nitrogens with two attached hydrogens (primary N) is 1. The summed E-state index contributed by atoms with van der Waals surface area (Å²) in [6.07, 6.45) is 0. The maximum absolute atomic E-state index is 13.6. The number of hydrazine groups is 1. The molecule has 4 heteroatoms. The largest absolute Gasteiger partial charge is 0.271 e. The van der Waals surface area contributed by atoms with E-state index >= 15 is 0 Å². The lowest BCUT2D eigenvalue weighted by Gasteiger charge is -2.17. The molecule has 0 aromatic heterocycles. The number of nitrogens with one attached hydrogen (secondary N) is 1. The lowest BCUT2D eigenvalue weighted by molar-refractivity contribution is 0.551. The average molecular weight is 259 g/mol. The van der Waals surface area contributed by atoms with Gasteiger partial charge < -0.3 is 0 Å². The molecule has 0 saturated carbocycles. The van der Waals surface area contributed by atoms with Crippen molar-refractivity contribution in [1.29, 1.82) is 0 Å². The van der Waals surface area contributed by atoms with E-state index in [4.69, 9.17) is 5.84 Å². The molecule has 2 nitrogen and oxygen atoms in total. The summed E-state index contributed by atoms with van der Waals surface area (Å²) in [4.78, 5) is 0. The summed E-state index contributed by atoms with van der Waals surface area (Å²) in [5, 5.41) is 0. The molecule has 1 aromatic rings. The van der Waals surface area contributed by atoms with Gasteiger partial charge in [0.25, 0.3) is 0 Å². The van der Waals surface area contributed by atoms with Gasteiger partial charge in [0.05, 0.1) is 10.5 Å². The lowest BCUT2D eigenvalue weighted by atomic mass is 10.0. The van der Waals surface area contributed by atoms with Crippen LogP contribution in [0.2, 0.25) is 0 Å². The van der Waals surface area contributed by atoms with Crippen LogP contribution >= 0.6 is 15.9 Å². The third-order valence-corrected chi connectivity index (χ3v) is 2.56. The summed E-state index contributed by atoms with van der Waals surface area (Å²) < 4.78 is 14.0. The molecule has 0 aliphatic rings. The first-order chi connectivity index (χ1) is 6.57. The fraction of sp³-hybridized carbons (Fsp3) is 0.200. The Bertz CT molecular complexity index is 352. The summed E-state index contributed by atoms with van der Waals surface area (Å²) in [7, 11) is 0. The van der Waals surface area contributed by atoms with E-state index in [1.807, 2.05) is 0 Å². The second-order valence-corrected chi connectivity index (χ2v) is 3.94. The maximum Gasteiger partial charge on any atom is 0.142 e. The first kappa shape index (κ1) is 11.4. The van der Waals surface area contributed by atoms with Crippen LogP contribution in [0.25, 0.3) is 0 Å². The molecule has 1 unspecified atom stereocenters. The normalized spacial score (nSPS) is 12.6. The van der Waals surface area contributed by atoms with Gasteiger partial charge in [-0.15, -0.1) is 0 Å². The fourth-order valence-electron chi connectivity index (χ4n) is 1.24. The van der Waals surface area contributed by atoms with Gasteiger partial charge in [0, 0.05) is 5.56 Å². The standard InChI is InChI=1S/C10H12BrFN2/c1-6(2)10(14-13)7-4-3-5-8(11)9(7)12/h3-5,10,14H,1,13H2,2H3. The molecule has 0 aliphatic heterocycles. The molecule has 1 atom stereocenters. The van der Waals surface area contributed by atoms with Crippen LogP contribution in [0.3, 0.4) is 0 Å². The van der Waals surface area contributed by atoms with Crippen molar-refractivity contribution in [3.05, 3.63) is 46.2 Å². The summed E-state index contributed by atoms with van der Waals surface area (Å²) in [5.74, 6) is 5.02. The van der Waals surface area contributed by atoms with E-state index in [0.717, 1.165) is 5.57 Å². The smallest absolute Gasteiger partial charge is 0.142 e. The number of rotatable bonds is 3. The van der Waals surface area contributed by atoms with E-state index in [9.17, 15) is 4.39 Å². The van der Waals surface area contributed by atoms with Crippen molar-refractivity contribution in [2.45, 2.75) is 13.0 Å². The van der Waals surface area contributed by atoms with E-state index in [0.29, 0.717) is 10.0 Å². The summed E-state index contributed by atoms with van der Waals surface area (Å²) >= 11 is 3.12. The van der Waals surface area contributed by atoms with Crippen LogP contribution in [-0.2, 0) is 0 Å². The van der Waals surface area contributed by atoms with Crippen LogP contribution in [-0.4, -0.2) is 0 Å². The van der Waals surface area contributed by atoms with Gasteiger partial charge in [0.1, 0.15) is 5.82 Å². The predicted molar refractivity (Wildman–Crippen MR) is 59.0 cm³/mol. The number of halogens is 2. The summed E-state index contributed by atoms with van der Waals surface area (Å²) in [6, 6.07) is 4.73. The minimum absolute atomic E-state index is 0.307. The van der Waals surface area contributed by atoms with Crippen molar-refractivity contribution in [1.82, 2.24) is 5.43 Å². The Labute approximate surface area is 91.1 Å². The highest BCUT2D eigenvalue weighted by Gasteiger charge is 2.16. The molecule has 3 N–H and O–H groups in total. The number of benzene rings is 1. The highest BCUT2D eigenvalue weighted by atomic mass is 79.9. The zero-order valence-corrected chi connectivity index (χ0v) is 9.44. The third kappa shape index (κ3) is 2.20. The number of hydrogen-bond donors (Lipinski definition) is 2. The molecule has 1 rings (SSSR count). The Morgan fingerprint density at radius 3 is 2.79 bits per heavy atom. The molecule has 0 aliphatic carbocycles. The molecule has 0 bridgehead atoms. The molecular weight excluding hydrogens is 247 g/mol. The Morgan fingerprint density at radius 1 is 1.64 bits per heavy atom. The minimum Gasteiger partial charge on any atom is -0.271 e. The lowest BCUT2D eigenvalue weighted by Crippen LogP contribution is -2.29. The van der Waals surface area contributed by atoms with Gasteiger partial charge in [0.2, 0.25) is 0 Å². The molecule has 0 heterocycles. The van der Waals surface area contributed by atoms with Gasteiger partial charge in [-0.25, -0.2) is 9.82 Å².